The standard InChI is InChI=1S/C22H43N5.HI/c1-6-23-22(25-21-9-12-26(13-10-21)15-18(2)3)24-14-20-8-7-11-27(17-20)16-19(4)5;/h19-21H,2,6-17H2,1,3-5H3,(H2,23,24,25);1H. The molecule has 0 bridgehead atoms. The maximum Gasteiger partial charge on any atom is 0.191 e. The first kappa shape index (κ1) is 25.7. The number of hydrogen-bond acceptors (Lipinski definition) is 3. The van der Waals surface area contributed by atoms with E-state index in [1.54, 1.807) is 0 Å². The number of guanidine groups is 1. The van der Waals surface area contributed by atoms with Gasteiger partial charge in [-0.05, 0) is 57.9 Å². The summed E-state index contributed by atoms with van der Waals surface area (Å²) in [6.07, 6.45) is 5.00. The number of rotatable bonds is 8. The number of likely N-dealkylation sites (tertiary alicyclic amines) is 2. The fraction of sp³-hybridized carbons (Fsp3) is 0.864. The van der Waals surface area contributed by atoms with Gasteiger partial charge in [0, 0.05) is 51.9 Å². The van der Waals surface area contributed by atoms with Gasteiger partial charge in [-0.3, -0.25) is 9.89 Å². The molecule has 2 fully saturated rings. The highest BCUT2D eigenvalue weighted by atomic mass is 127. The number of halogens is 1. The summed E-state index contributed by atoms with van der Waals surface area (Å²) >= 11 is 0. The van der Waals surface area contributed by atoms with Crippen molar-refractivity contribution in [2.24, 2.45) is 16.8 Å². The molecular formula is C22H44IN5. The van der Waals surface area contributed by atoms with Crippen molar-refractivity contribution in [1.82, 2.24) is 20.4 Å². The Morgan fingerprint density at radius 1 is 1.14 bits per heavy atom. The third kappa shape index (κ3) is 9.92. The van der Waals surface area contributed by atoms with Gasteiger partial charge >= 0.3 is 0 Å². The van der Waals surface area contributed by atoms with Crippen LogP contribution in [0.5, 0.6) is 0 Å². The molecule has 2 rings (SSSR count). The average Bonchev–Trinajstić information content (AvgIpc) is 2.61. The van der Waals surface area contributed by atoms with E-state index in [4.69, 9.17) is 4.99 Å². The van der Waals surface area contributed by atoms with Crippen LogP contribution in [-0.4, -0.2) is 74.2 Å². The lowest BCUT2D eigenvalue weighted by Gasteiger charge is -2.34. The Hall–Kier alpha value is -0.340. The van der Waals surface area contributed by atoms with Gasteiger partial charge in [0.2, 0.25) is 0 Å². The average molecular weight is 506 g/mol. The van der Waals surface area contributed by atoms with E-state index in [9.17, 15) is 0 Å². The quantitative estimate of drug-likeness (QED) is 0.229. The summed E-state index contributed by atoms with van der Waals surface area (Å²) in [6.45, 7) is 21.8. The first-order valence-corrected chi connectivity index (χ1v) is 11.1. The summed E-state index contributed by atoms with van der Waals surface area (Å²) < 4.78 is 0. The third-order valence-corrected chi connectivity index (χ3v) is 5.50. The van der Waals surface area contributed by atoms with Crippen molar-refractivity contribution in [3.8, 4) is 0 Å². The monoisotopic (exact) mass is 505 g/mol. The molecule has 1 unspecified atom stereocenters. The zero-order chi connectivity index (χ0) is 19.6. The van der Waals surface area contributed by atoms with Crippen molar-refractivity contribution in [3.63, 3.8) is 0 Å². The lowest BCUT2D eigenvalue weighted by Crippen LogP contribution is -2.49. The van der Waals surface area contributed by atoms with Crippen molar-refractivity contribution in [3.05, 3.63) is 12.2 Å². The molecule has 2 aliphatic rings. The molecule has 0 aromatic carbocycles. The molecule has 0 aromatic rings. The topological polar surface area (TPSA) is 42.9 Å². The highest BCUT2D eigenvalue weighted by Gasteiger charge is 2.22. The molecule has 2 saturated heterocycles. The van der Waals surface area contributed by atoms with Crippen LogP contribution < -0.4 is 10.6 Å². The SMILES string of the molecule is C=C(C)CN1CCC(NC(=NCC2CCCN(CC(C)C)C2)NCC)CC1.I. The number of piperidine rings is 2. The Morgan fingerprint density at radius 3 is 2.46 bits per heavy atom. The fourth-order valence-electron chi connectivity index (χ4n) is 4.33. The van der Waals surface area contributed by atoms with Crippen LogP contribution in [0.25, 0.3) is 0 Å². The van der Waals surface area contributed by atoms with E-state index < -0.39 is 0 Å². The van der Waals surface area contributed by atoms with E-state index in [0.717, 1.165) is 44.6 Å². The number of nitrogens with zero attached hydrogens (tertiary/aromatic N) is 3. The van der Waals surface area contributed by atoms with Crippen LogP contribution in [0, 0.1) is 11.8 Å². The van der Waals surface area contributed by atoms with Gasteiger partial charge in [-0.15, -0.1) is 24.0 Å². The van der Waals surface area contributed by atoms with Gasteiger partial charge < -0.3 is 15.5 Å². The molecule has 0 spiro atoms. The van der Waals surface area contributed by atoms with Crippen LogP contribution in [0.2, 0.25) is 0 Å². The molecule has 2 aliphatic heterocycles. The van der Waals surface area contributed by atoms with E-state index in [-0.39, 0.29) is 24.0 Å². The molecule has 28 heavy (non-hydrogen) atoms. The van der Waals surface area contributed by atoms with Crippen molar-refractivity contribution >= 4 is 29.9 Å². The lowest BCUT2D eigenvalue weighted by atomic mass is 9.97. The molecular weight excluding hydrogens is 461 g/mol. The predicted octanol–water partition coefficient (Wildman–Crippen LogP) is 3.57. The predicted molar refractivity (Wildman–Crippen MR) is 133 cm³/mol. The Bertz CT molecular complexity index is 472. The van der Waals surface area contributed by atoms with Crippen molar-refractivity contribution in [1.29, 1.82) is 0 Å². The van der Waals surface area contributed by atoms with Crippen LogP contribution >= 0.6 is 24.0 Å². The maximum atomic E-state index is 4.95. The maximum absolute atomic E-state index is 4.95. The summed E-state index contributed by atoms with van der Waals surface area (Å²) in [5.41, 5.74) is 1.26. The van der Waals surface area contributed by atoms with E-state index in [1.165, 1.54) is 50.9 Å². The molecule has 0 aromatic heterocycles. The second kappa shape index (κ2) is 13.8. The first-order chi connectivity index (χ1) is 13.0. The molecule has 2 heterocycles. The van der Waals surface area contributed by atoms with E-state index in [1.807, 2.05) is 0 Å². The molecule has 2 N–H and O–H groups in total. The third-order valence-electron chi connectivity index (χ3n) is 5.50. The van der Waals surface area contributed by atoms with Gasteiger partial charge in [0.25, 0.3) is 0 Å². The second-order valence-corrected chi connectivity index (χ2v) is 9.03. The van der Waals surface area contributed by atoms with Gasteiger partial charge in [0.05, 0.1) is 0 Å². The van der Waals surface area contributed by atoms with Crippen LogP contribution in [0.3, 0.4) is 0 Å². The Balaban J connectivity index is 0.00000392. The van der Waals surface area contributed by atoms with Crippen LogP contribution in [0.1, 0.15) is 53.4 Å². The zero-order valence-electron chi connectivity index (χ0n) is 18.7. The largest absolute Gasteiger partial charge is 0.357 e. The molecule has 0 amide bonds. The Kier molecular flexibility index (Phi) is 12.7. The van der Waals surface area contributed by atoms with Crippen molar-refractivity contribution in [2.75, 3.05) is 52.4 Å². The minimum atomic E-state index is 0. The Morgan fingerprint density at radius 2 is 1.86 bits per heavy atom. The molecule has 0 aliphatic carbocycles. The van der Waals surface area contributed by atoms with E-state index in [0.29, 0.717) is 12.0 Å². The molecule has 5 nitrogen and oxygen atoms in total. The minimum Gasteiger partial charge on any atom is -0.357 e. The van der Waals surface area contributed by atoms with E-state index >= 15 is 0 Å². The highest BCUT2D eigenvalue weighted by molar-refractivity contribution is 14.0. The summed E-state index contributed by atoms with van der Waals surface area (Å²) in [5.74, 6) is 2.46. The fourth-order valence-corrected chi connectivity index (χ4v) is 4.33. The number of nitrogens with one attached hydrogen (secondary N) is 2. The summed E-state index contributed by atoms with van der Waals surface area (Å²) in [6, 6.07) is 0.535. The first-order valence-electron chi connectivity index (χ1n) is 11.1. The minimum absolute atomic E-state index is 0. The smallest absolute Gasteiger partial charge is 0.191 e. The van der Waals surface area contributed by atoms with Gasteiger partial charge in [-0.1, -0.05) is 26.0 Å². The zero-order valence-corrected chi connectivity index (χ0v) is 21.0. The molecule has 0 radical (unpaired) electrons. The normalized spacial score (nSPS) is 22.8. The highest BCUT2D eigenvalue weighted by Crippen LogP contribution is 2.18. The summed E-state index contributed by atoms with van der Waals surface area (Å²) in [4.78, 5) is 10.1. The number of aliphatic imine (C=N–C) groups is 1. The van der Waals surface area contributed by atoms with Gasteiger partial charge in [0.15, 0.2) is 5.96 Å². The Labute approximate surface area is 190 Å². The molecule has 1 atom stereocenters. The molecule has 6 heteroatoms. The van der Waals surface area contributed by atoms with Crippen LogP contribution in [0.4, 0.5) is 0 Å². The number of hydrogen-bond donors (Lipinski definition) is 2. The molecule has 164 valence electrons. The van der Waals surface area contributed by atoms with Crippen molar-refractivity contribution < 1.29 is 0 Å². The van der Waals surface area contributed by atoms with Gasteiger partial charge in [0.1, 0.15) is 0 Å². The summed E-state index contributed by atoms with van der Waals surface area (Å²) in [7, 11) is 0. The van der Waals surface area contributed by atoms with Crippen LogP contribution in [0.15, 0.2) is 17.1 Å². The second-order valence-electron chi connectivity index (χ2n) is 9.03. The van der Waals surface area contributed by atoms with Gasteiger partial charge in [-0.25, -0.2) is 0 Å². The van der Waals surface area contributed by atoms with Crippen LogP contribution in [-0.2, 0) is 0 Å². The van der Waals surface area contributed by atoms with Crippen molar-refractivity contribution in [2.45, 2.75) is 59.4 Å². The summed E-state index contributed by atoms with van der Waals surface area (Å²) in [5, 5.41) is 7.14. The lowest BCUT2D eigenvalue weighted by molar-refractivity contribution is 0.162. The van der Waals surface area contributed by atoms with E-state index in [2.05, 4.69) is 54.7 Å². The molecule has 0 saturated carbocycles. The van der Waals surface area contributed by atoms with Gasteiger partial charge in [-0.2, -0.15) is 0 Å².